The molecule has 1 aromatic heterocycles. The standard InChI is InChI=1S/C13H21FN2/c1-10(2)5-4-6-11(3)16-13-8-7-12(14)9-15-13/h7-11H,4-6H2,1-3H3,(H,15,16). The Morgan fingerprint density at radius 3 is 2.56 bits per heavy atom. The second-order valence-electron chi connectivity index (χ2n) is 4.73. The molecule has 0 amide bonds. The molecule has 0 saturated carbocycles. The Kier molecular flexibility index (Phi) is 5.23. The quantitative estimate of drug-likeness (QED) is 0.794. The van der Waals surface area contributed by atoms with Crippen LogP contribution in [0.5, 0.6) is 0 Å². The fourth-order valence-electron chi connectivity index (χ4n) is 1.62. The zero-order chi connectivity index (χ0) is 12.0. The molecule has 3 heteroatoms. The van der Waals surface area contributed by atoms with Crippen LogP contribution < -0.4 is 5.32 Å². The van der Waals surface area contributed by atoms with Gasteiger partial charge in [0.15, 0.2) is 0 Å². The Labute approximate surface area is 97.3 Å². The molecule has 0 fully saturated rings. The summed E-state index contributed by atoms with van der Waals surface area (Å²) < 4.78 is 12.6. The topological polar surface area (TPSA) is 24.9 Å². The van der Waals surface area contributed by atoms with Gasteiger partial charge in [-0.25, -0.2) is 9.37 Å². The molecule has 1 heterocycles. The zero-order valence-corrected chi connectivity index (χ0v) is 10.3. The van der Waals surface area contributed by atoms with E-state index in [1.165, 1.54) is 25.1 Å². The van der Waals surface area contributed by atoms with Crippen LogP contribution in [0.4, 0.5) is 10.2 Å². The van der Waals surface area contributed by atoms with Crippen molar-refractivity contribution in [3.8, 4) is 0 Å². The molecule has 0 aliphatic heterocycles. The van der Waals surface area contributed by atoms with E-state index in [9.17, 15) is 4.39 Å². The molecule has 0 aliphatic rings. The van der Waals surface area contributed by atoms with Crippen molar-refractivity contribution < 1.29 is 4.39 Å². The molecular weight excluding hydrogens is 203 g/mol. The fourth-order valence-corrected chi connectivity index (χ4v) is 1.62. The van der Waals surface area contributed by atoms with E-state index in [4.69, 9.17) is 0 Å². The number of aromatic nitrogens is 1. The summed E-state index contributed by atoms with van der Waals surface area (Å²) in [6.07, 6.45) is 4.83. The second-order valence-corrected chi connectivity index (χ2v) is 4.73. The second kappa shape index (κ2) is 6.46. The van der Waals surface area contributed by atoms with Gasteiger partial charge in [-0.1, -0.05) is 26.7 Å². The lowest BCUT2D eigenvalue weighted by Crippen LogP contribution is -2.16. The molecule has 0 aromatic carbocycles. The molecule has 1 unspecified atom stereocenters. The molecule has 1 rings (SSSR count). The first-order valence-electron chi connectivity index (χ1n) is 5.96. The average Bonchev–Trinajstić information content (AvgIpc) is 2.21. The smallest absolute Gasteiger partial charge is 0.141 e. The summed E-state index contributed by atoms with van der Waals surface area (Å²) in [5, 5.41) is 3.27. The minimum absolute atomic E-state index is 0.294. The summed E-state index contributed by atoms with van der Waals surface area (Å²) in [6, 6.07) is 3.49. The van der Waals surface area contributed by atoms with Crippen molar-refractivity contribution >= 4 is 5.82 Å². The first-order chi connectivity index (χ1) is 7.58. The summed E-state index contributed by atoms with van der Waals surface area (Å²) in [5.74, 6) is 1.22. The highest BCUT2D eigenvalue weighted by Gasteiger charge is 2.03. The number of halogens is 1. The van der Waals surface area contributed by atoms with E-state index < -0.39 is 0 Å². The van der Waals surface area contributed by atoms with Gasteiger partial charge in [-0.3, -0.25) is 0 Å². The van der Waals surface area contributed by atoms with E-state index in [1.807, 2.05) is 0 Å². The maximum Gasteiger partial charge on any atom is 0.141 e. The van der Waals surface area contributed by atoms with Crippen LogP contribution in [0.25, 0.3) is 0 Å². The van der Waals surface area contributed by atoms with Crippen LogP contribution >= 0.6 is 0 Å². The lowest BCUT2D eigenvalue weighted by molar-refractivity contribution is 0.520. The van der Waals surface area contributed by atoms with Crippen LogP contribution in [0.3, 0.4) is 0 Å². The minimum atomic E-state index is -0.294. The number of nitrogens with one attached hydrogen (secondary N) is 1. The van der Waals surface area contributed by atoms with Crippen molar-refractivity contribution in [1.29, 1.82) is 0 Å². The zero-order valence-electron chi connectivity index (χ0n) is 10.3. The van der Waals surface area contributed by atoms with Gasteiger partial charge in [-0.15, -0.1) is 0 Å². The molecule has 0 bridgehead atoms. The monoisotopic (exact) mass is 224 g/mol. The third-order valence-electron chi connectivity index (χ3n) is 2.54. The van der Waals surface area contributed by atoms with Gasteiger partial charge in [0.25, 0.3) is 0 Å². The largest absolute Gasteiger partial charge is 0.368 e. The van der Waals surface area contributed by atoms with Gasteiger partial charge < -0.3 is 5.32 Å². The maximum absolute atomic E-state index is 12.6. The Balaban J connectivity index is 2.28. The highest BCUT2D eigenvalue weighted by molar-refractivity contribution is 5.34. The first-order valence-corrected chi connectivity index (χ1v) is 5.96. The van der Waals surface area contributed by atoms with Gasteiger partial charge in [0.1, 0.15) is 11.6 Å². The normalized spacial score (nSPS) is 12.8. The van der Waals surface area contributed by atoms with Gasteiger partial charge in [0.2, 0.25) is 0 Å². The van der Waals surface area contributed by atoms with Gasteiger partial charge in [0, 0.05) is 6.04 Å². The van der Waals surface area contributed by atoms with Gasteiger partial charge in [-0.05, 0) is 31.4 Å². The van der Waals surface area contributed by atoms with E-state index in [0.29, 0.717) is 6.04 Å². The summed E-state index contributed by atoms with van der Waals surface area (Å²) >= 11 is 0. The number of hydrogen-bond acceptors (Lipinski definition) is 2. The molecule has 2 nitrogen and oxygen atoms in total. The highest BCUT2D eigenvalue weighted by Crippen LogP contribution is 2.12. The van der Waals surface area contributed by atoms with Crippen molar-refractivity contribution in [3.05, 3.63) is 24.1 Å². The van der Waals surface area contributed by atoms with Gasteiger partial charge in [-0.2, -0.15) is 0 Å². The van der Waals surface area contributed by atoms with Crippen molar-refractivity contribution in [3.63, 3.8) is 0 Å². The van der Waals surface area contributed by atoms with Crippen LogP contribution in [-0.2, 0) is 0 Å². The first kappa shape index (κ1) is 12.9. The predicted molar refractivity (Wildman–Crippen MR) is 66.0 cm³/mol. The number of hydrogen-bond donors (Lipinski definition) is 1. The Bertz CT molecular complexity index is 295. The van der Waals surface area contributed by atoms with Crippen molar-refractivity contribution in [2.45, 2.75) is 46.1 Å². The molecule has 16 heavy (non-hydrogen) atoms. The summed E-state index contributed by atoms with van der Waals surface area (Å²) in [7, 11) is 0. The lowest BCUT2D eigenvalue weighted by atomic mass is 10.0. The highest BCUT2D eigenvalue weighted by atomic mass is 19.1. The van der Waals surface area contributed by atoms with E-state index in [0.717, 1.165) is 18.2 Å². The molecule has 0 saturated heterocycles. The van der Waals surface area contributed by atoms with Crippen LogP contribution in [0, 0.1) is 11.7 Å². The molecule has 90 valence electrons. The molecule has 0 aliphatic carbocycles. The molecule has 1 N–H and O–H groups in total. The van der Waals surface area contributed by atoms with Crippen LogP contribution in [-0.4, -0.2) is 11.0 Å². The van der Waals surface area contributed by atoms with Crippen LogP contribution in [0.1, 0.15) is 40.0 Å². The van der Waals surface area contributed by atoms with E-state index >= 15 is 0 Å². The minimum Gasteiger partial charge on any atom is -0.368 e. The predicted octanol–water partition coefficient (Wildman–Crippen LogP) is 3.85. The maximum atomic E-state index is 12.6. The Morgan fingerprint density at radius 1 is 1.25 bits per heavy atom. The summed E-state index contributed by atoms with van der Waals surface area (Å²) in [5.41, 5.74) is 0. The summed E-state index contributed by atoms with van der Waals surface area (Å²) in [4.78, 5) is 3.98. The number of rotatable bonds is 6. The van der Waals surface area contributed by atoms with E-state index in [-0.39, 0.29) is 5.82 Å². The van der Waals surface area contributed by atoms with Crippen molar-refractivity contribution in [2.24, 2.45) is 5.92 Å². The van der Waals surface area contributed by atoms with Gasteiger partial charge in [0.05, 0.1) is 6.20 Å². The van der Waals surface area contributed by atoms with Crippen LogP contribution in [0.15, 0.2) is 18.3 Å². The number of nitrogens with zero attached hydrogens (tertiary/aromatic N) is 1. The van der Waals surface area contributed by atoms with E-state index in [2.05, 4.69) is 31.1 Å². The fraction of sp³-hybridized carbons (Fsp3) is 0.615. The molecule has 0 spiro atoms. The Morgan fingerprint density at radius 2 is 2.00 bits per heavy atom. The van der Waals surface area contributed by atoms with E-state index in [1.54, 1.807) is 6.07 Å². The van der Waals surface area contributed by atoms with Gasteiger partial charge >= 0.3 is 0 Å². The van der Waals surface area contributed by atoms with Crippen molar-refractivity contribution in [1.82, 2.24) is 4.98 Å². The Hall–Kier alpha value is -1.12. The summed E-state index contributed by atoms with van der Waals surface area (Å²) in [6.45, 7) is 6.60. The third-order valence-corrected chi connectivity index (χ3v) is 2.54. The van der Waals surface area contributed by atoms with Crippen molar-refractivity contribution in [2.75, 3.05) is 5.32 Å². The molecule has 0 radical (unpaired) electrons. The third kappa shape index (κ3) is 5.10. The van der Waals surface area contributed by atoms with Crippen LogP contribution in [0.2, 0.25) is 0 Å². The lowest BCUT2D eigenvalue weighted by Gasteiger charge is -2.14. The molecular formula is C13H21FN2. The average molecular weight is 224 g/mol. The molecule has 1 atom stereocenters. The molecule has 1 aromatic rings. The number of anilines is 1. The number of pyridine rings is 1. The SMILES string of the molecule is CC(C)CCCC(C)Nc1ccc(F)cn1.